The molecule has 1 saturated carbocycles. The van der Waals surface area contributed by atoms with Crippen molar-refractivity contribution in [1.29, 1.82) is 0 Å². The highest BCUT2D eigenvalue weighted by Gasteiger charge is 2.33. The van der Waals surface area contributed by atoms with E-state index in [1.165, 1.54) is 0 Å². The van der Waals surface area contributed by atoms with Crippen molar-refractivity contribution in [3.8, 4) is 5.75 Å². The number of methoxy groups -OCH3 is 1. The maximum atomic E-state index is 11.1. The molecule has 0 bridgehead atoms. The van der Waals surface area contributed by atoms with E-state index in [0.717, 1.165) is 35.4 Å². The number of rotatable bonds is 3. The van der Waals surface area contributed by atoms with Crippen molar-refractivity contribution in [2.24, 2.45) is 13.0 Å². The molecule has 1 aliphatic carbocycles. The molecular weight excluding hydrogens is 256 g/mol. The Balaban J connectivity index is 1.96. The first kappa shape index (κ1) is 13.0. The Kier molecular flexibility index (Phi) is 3.12. The zero-order valence-electron chi connectivity index (χ0n) is 11.7. The van der Waals surface area contributed by atoms with Crippen molar-refractivity contribution in [2.45, 2.75) is 25.2 Å². The second kappa shape index (κ2) is 4.81. The molecule has 0 radical (unpaired) electrons. The quantitative estimate of drug-likeness (QED) is 0.934. The van der Waals surface area contributed by atoms with Crippen LogP contribution in [0.5, 0.6) is 5.75 Å². The number of imidazole rings is 1. The number of aliphatic carboxylic acids is 1. The van der Waals surface area contributed by atoms with Crippen molar-refractivity contribution in [3.63, 3.8) is 0 Å². The third-order valence-electron chi connectivity index (χ3n) is 4.27. The van der Waals surface area contributed by atoms with E-state index < -0.39 is 5.97 Å². The van der Waals surface area contributed by atoms with Crippen LogP contribution in [0.1, 0.15) is 31.0 Å². The Morgan fingerprint density at radius 1 is 1.45 bits per heavy atom. The van der Waals surface area contributed by atoms with Gasteiger partial charge in [-0.25, -0.2) is 4.98 Å². The Hall–Kier alpha value is -2.04. The summed E-state index contributed by atoms with van der Waals surface area (Å²) in [6.45, 7) is 0. The standard InChI is InChI=1S/C15H18N2O3/c1-17-13-6-5-11(20-2)8-12(13)16-14(17)9-3-4-10(7-9)15(18)19/h5-6,8-10H,3-4,7H2,1-2H3,(H,18,19). The van der Waals surface area contributed by atoms with Gasteiger partial charge in [-0.05, 0) is 31.4 Å². The Labute approximate surface area is 117 Å². The topological polar surface area (TPSA) is 64.3 Å². The Morgan fingerprint density at radius 3 is 2.90 bits per heavy atom. The monoisotopic (exact) mass is 274 g/mol. The van der Waals surface area contributed by atoms with Crippen LogP contribution in [0.25, 0.3) is 11.0 Å². The van der Waals surface area contributed by atoms with Gasteiger partial charge in [-0.3, -0.25) is 4.79 Å². The van der Waals surface area contributed by atoms with Crippen LogP contribution in [0.2, 0.25) is 0 Å². The van der Waals surface area contributed by atoms with Gasteiger partial charge in [-0.15, -0.1) is 0 Å². The lowest BCUT2D eigenvalue weighted by Gasteiger charge is -2.09. The largest absolute Gasteiger partial charge is 0.497 e. The Morgan fingerprint density at radius 2 is 2.25 bits per heavy atom. The predicted octanol–water partition coefficient (Wildman–Crippen LogP) is 2.55. The first-order valence-electron chi connectivity index (χ1n) is 6.83. The van der Waals surface area contributed by atoms with Gasteiger partial charge in [0.2, 0.25) is 0 Å². The number of carbonyl (C=O) groups is 1. The predicted molar refractivity (Wildman–Crippen MR) is 75.0 cm³/mol. The minimum absolute atomic E-state index is 0.227. The molecule has 0 spiro atoms. The normalized spacial score (nSPS) is 22.3. The molecule has 20 heavy (non-hydrogen) atoms. The van der Waals surface area contributed by atoms with Gasteiger partial charge in [0.25, 0.3) is 0 Å². The third-order valence-corrected chi connectivity index (χ3v) is 4.27. The van der Waals surface area contributed by atoms with Crippen LogP contribution in [0.4, 0.5) is 0 Å². The third kappa shape index (κ3) is 2.03. The number of benzene rings is 1. The molecule has 1 heterocycles. The second-order valence-corrected chi connectivity index (χ2v) is 5.43. The summed E-state index contributed by atoms with van der Waals surface area (Å²) in [5.41, 5.74) is 1.96. The van der Waals surface area contributed by atoms with Crippen molar-refractivity contribution in [1.82, 2.24) is 9.55 Å². The molecule has 2 aromatic rings. The van der Waals surface area contributed by atoms with Crippen molar-refractivity contribution < 1.29 is 14.6 Å². The van der Waals surface area contributed by atoms with Crippen molar-refractivity contribution in [2.75, 3.05) is 7.11 Å². The Bertz CT molecular complexity index is 662. The number of aromatic nitrogens is 2. The molecule has 1 aromatic carbocycles. The lowest BCUT2D eigenvalue weighted by atomic mass is 10.0. The fourth-order valence-corrected chi connectivity index (χ4v) is 3.13. The van der Waals surface area contributed by atoms with E-state index in [9.17, 15) is 4.79 Å². The van der Waals surface area contributed by atoms with Crippen LogP contribution >= 0.6 is 0 Å². The molecule has 1 N–H and O–H groups in total. The van der Waals surface area contributed by atoms with E-state index in [2.05, 4.69) is 9.55 Å². The number of carboxylic acid groups (broad SMARTS) is 1. The number of fused-ring (bicyclic) bond motifs is 1. The highest BCUT2D eigenvalue weighted by molar-refractivity contribution is 5.78. The zero-order valence-corrected chi connectivity index (χ0v) is 11.7. The van der Waals surface area contributed by atoms with Crippen molar-refractivity contribution >= 4 is 17.0 Å². The van der Waals surface area contributed by atoms with Gasteiger partial charge in [0, 0.05) is 19.0 Å². The molecular formula is C15H18N2O3. The summed E-state index contributed by atoms with van der Waals surface area (Å²) < 4.78 is 7.29. The van der Waals surface area contributed by atoms with Crippen molar-refractivity contribution in [3.05, 3.63) is 24.0 Å². The molecule has 0 saturated heterocycles. The number of hydrogen-bond donors (Lipinski definition) is 1. The van der Waals surface area contributed by atoms with Crippen LogP contribution in [-0.4, -0.2) is 27.7 Å². The summed E-state index contributed by atoms with van der Waals surface area (Å²) in [6, 6.07) is 5.83. The summed E-state index contributed by atoms with van der Waals surface area (Å²) in [4.78, 5) is 15.8. The van der Waals surface area contributed by atoms with Gasteiger partial charge in [-0.2, -0.15) is 0 Å². The van der Waals surface area contributed by atoms with E-state index in [-0.39, 0.29) is 11.8 Å². The van der Waals surface area contributed by atoms with E-state index in [1.54, 1.807) is 7.11 Å². The molecule has 5 heteroatoms. The smallest absolute Gasteiger partial charge is 0.306 e. The van der Waals surface area contributed by atoms with E-state index in [0.29, 0.717) is 6.42 Å². The van der Waals surface area contributed by atoms with E-state index in [4.69, 9.17) is 9.84 Å². The maximum Gasteiger partial charge on any atom is 0.306 e. The van der Waals surface area contributed by atoms with Crippen LogP contribution < -0.4 is 4.74 Å². The minimum atomic E-state index is -0.687. The highest BCUT2D eigenvalue weighted by atomic mass is 16.5. The van der Waals surface area contributed by atoms with Gasteiger partial charge in [0.05, 0.1) is 24.1 Å². The molecule has 3 rings (SSSR count). The lowest BCUT2D eigenvalue weighted by Crippen LogP contribution is -2.10. The molecule has 0 aliphatic heterocycles. The van der Waals surface area contributed by atoms with Gasteiger partial charge in [-0.1, -0.05) is 0 Å². The fraction of sp³-hybridized carbons (Fsp3) is 0.467. The van der Waals surface area contributed by atoms with Crippen LogP contribution in [0.15, 0.2) is 18.2 Å². The van der Waals surface area contributed by atoms with Gasteiger partial charge in [0.1, 0.15) is 11.6 Å². The molecule has 1 fully saturated rings. The SMILES string of the molecule is COc1ccc2c(c1)nc(C1CCC(C(=O)O)C1)n2C. The first-order valence-corrected chi connectivity index (χ1v) is 6.83. The first-order chi connectivity index (χ1) is 9.60. The number of carboxylic acids is 1. The number of nitrogens with zero attached hydrogens (tertiary/aromatic N) is 2. The molecule has 2 unspecified atom stereocenters. The highest BCUT2D eigenvalue weighted by Crippen LogP contribution is 2.38. The summed E-state index contributed by atoms with van der Waals surface area (Å²) in [6.07, 6.45) is 2.32. The van der Waals surface area contributed by atoms with Crippen LogP contribution in [0.3, 0.4) is 0 Å². The molecule has 2 atom stereocenters. The minimum Gasteiger partial charge on any atom is -0.497 e. The summed E-state index contributed by atoms with van der Waals surface area (Å²) >= 11 is 0. The zero-order chi connectivity index (χ0) is 14.3. The van der Waals surface area contributed by atoms with Crippen LogP contribution in [0, 0.1) is 5.92 Å². The van der Waals surface area contributed by atoms with Gasteiger partial charge >= 0.3 is 5.97 Å². The molecule has 5 nitrogen and oxygen atoms in total. The number of hydrogen-bond acceptors (Lipinski definition) is 3. The van der Waals surface area contributed by atoms with Gasteiger partial charge < -0.3 is 14.4 Å². The summed E-state index contributed by atoms with van der Waals surface area (Å²) in [5.74, 6) is 1.09. The second-order valence-electron chi connectivity index (χ2n) is 5.43. The maximum absolute atomic E-state index is 11.1. The summed E-state index contributed by atoms with van der Waals surface area (Å²) in [5, 5.41) is 9.11. The average molecular weight is 274 g/mol. The molecule has 0 amide bonds. The molecule has 106 valence electrons. The average Bonchev–Trinajstić information content (AvgIpc) is 3.03. The fourth-order valence-electron chi connectivity index (χ4n) is 3.13. The summed E-state index contributed by atoms with van der Waals surface area (Å²) in [7, 11) is 3.63. The number of ether oxygens (including phenoxy) is 1. The number of aryl methyl sites for hydroxylation is 1. The van der Waals surface area contributed by atoms with E-state index >= 15 is 0 Å². The van der Waals surface area contributed by atoms with Gasteiger partial charge in [0.15, 0.2) is 0 Å². The molecule has 1 aliphatic rings. The van der Waals surface area contributed by atoms with E-state index in [1.807, 2.05) is 25.2 Å². The molecule has 1 aromatic heterocycles. The lowest BCUT2D eigenvalue weighted by molar-refractivity contribution is -0.141. The van der Waals surface area contributed by atoms with Crippen LogP contribution in [-0.2, 0) is 11.8 Å².